The Morgan fingerprint density at radius 2 is 0.921 bits per heavy atom. The maximum Gasteiger partial charge on any atom is 0.0812 e. The zero-order valence-corrected chi connectivity index (χ0v) is 22.4. The van der Waals surface area contributed by atoms with Gasteiger partial charge in [-0.05, 0) is 59.7 Å². The summed E-state index contributed by atoms with van der Waals surface area (Å²) >= 11 is 3.61. The molecule has 3 aromatic carbocycles. The average molecular weight is 531 g/mol. The Morgan fingerprint density at radius 3 is 1.37 bits per heavy atom. The monoisotopic (exact) mass is 530 g/mol. The number of benzene rings is 3. The first-order valence-corrected chi connectivity index (χ1v) is 14.2. The van der Waals surface area contributed by atoms with Crippen LogP contribution in [0, 0.1) is 0 Å². The molecule has 0 aliphatic rings. The number of para-hydroxylation sites is 2. The fraction of sp³-hybridized carbons (Fsp3) is 0.0625. The Kier molecular flexibility index (Phi) is 9.12. The zero-order valence-electron chi connectivity index (χ0n) is 20.7. The summed E-state index contributed by atoms with van der Waals surface area (Å²) in [5, 5.41) is 0. The Balaban J connectivity index is 1.27. The molecular weight excluding hydrogens is 505 g/mol. The van der Waals surface area contributed by atoms with Crippen LogP contribution < -0.4 is 0 Å². The Bertz CT molecular complexity index is 1400. The van der Waals surface area contributed by atoms with Gasteiger partial charge in [0.05, 0.1) is 35.2 Å². The molecule has 186 valence electrons. The number of aliphatic imine (C=N–C) groups is 2. The van der Waals surface area contributed by atoms with Crippen molar-refractivity contribution >= 4 is 47.3 Å². The van der Waals surface area contributed by atoms with Crippen molar-refractivity contribution in [1.82, 2.24) is 9.97 Å². The van der Waals surface area contributed by atoms with Gasteiger partial charge in [0.1, 0.15) is 0 Å². The molecule has 0 aliphatic carbocycles. The number of thioether (sulfide) groups is 2. The predicted molar refractivity (Wildman–Crippen MR) is 161 cm³/mol. The highest BCUT2D eigenvalue weighted by Gasteiger charge is 2.08. The molecule has 0 aliphatic heterocycles. The van der Waals surface area contributed by atoms with Crippen LogP contribution in [0.2, 0.25) is 0 Å². The summed E-state index contributed by atoms with van der Waals surface area (Å²) in [6.07, 6.45) is 7.19. The number of hydrogen-bond acceptors (Lipinski definition) is 6. The van der Waals surface area contributed by atoms with Crippen molar-refractivity contribution in [2.24, 2.45) is 9.98 Å². The zero-order chi connectivity index (χ0) is 25.8. The quantitative estimate of drug-likeness (QED) is 0.134. The molecule has 2 aromatic heterocycles. The Hall–Kier alpha value is -4.00. The lowest BCUT2D eigenvalue weighted by molar-refractivity contribution is 1.26. The van der Waals surface area contributed by atoms with E-state index in [1.807, 2.05) is 73.1 Å². The van der Waals surface area contributed by atoms with E-state index in [9.17, 15) is 0 Å². The highest BCUT2D eigenvalue weighted by atomic mass is 32.2. The van der Waals surface area contributed by atoms with Crippen LogP contribution in [0.3, 0.4) is 0 Å². The summed E-state index contributed by atoms with van der Waals surface area (Å²) in [6.45, 7) is 0. The summed E-state index contributed by atoms with van der Waals surface area (Å²) in [5.41, 5.74) is 6.24. The lowest BCUT2D eigenvalue weighted by Gasteiger charge is -2.11. The SMILES string of the molecule is C(=Nc1ccccc1SCc1ccccc1CSc1ccccc1N=Cc1ccccn1)c1ccccn1. The number of hydrogen-bond donors (Lipinski definition) is 0. The van der Waals surface area contributed by atoms with E-state index in [-0.39, 0.29) is 0 Å². The van der Waals surface area contributed by atoms with Crippen molar-refractivity contribution in [2.75, 3.05) is 0 Å². The van der Waals surface area contributed by atoms with Crippen LogP contribution in [-0.2, 0) is 11.5 Å². The van der Waals surface area contributed by atoms with Crippen LogP contribution in [0.4, 0.5) is 11.4 Å². The summed E-state index contributed by atoms with van der Waals surface area (Å²) < 4.78 is 0. The van der Waals surface area contributed by atoms with Gasteiger partial charge in [0.2, 0.25) is 0 Å². The fourth-order valence-electron chi connectivity index (χ4n) is 3.70. The molecule has 0 fully saturated rings. The van der Waals surface area contributed by atoms with Gasteiger partial charge in [-0.2, -0.15) is 0 Å². The molecular formula is C32H26N4S2. The first-order chi connectivity index (χ1) is 18.8. The van der Waals surface area contributed by atoms with E-state index in [1.165, 1.54) is 11.1 Å². The second kappa shape index (κ2) is 13.5. The minimum Gasteiger partial charge on any atom is -0.255 e. The van der Waals surface area contributed by atoms with Gasteiger partial charge >= 0.3 is 0 Å². The van der Waals surface area contributed by atoms with E-state index < -0.39 is 0 Å². The van der Waals surface area contributed by atoms with Gasteiger partial charge in [-0.25, -0.2) is 0 Å². The summed E-state index contributed by atoms with van der Waals surface area (Å²) in [6, 6.07) is 36.8. The van der Waals surface area contributed by atoms with Gasteiger partial charge in [0.25, 0.3) is 0 Å². The molecule has 0 unspecified atom stereocenters. The summed E-state index contributed by atoms with van der Waals surface area (Å²) in [7, 11) is 0. The van der Waals surface area contributed by atoms with E-state index >= 15 is 0 Å². The third-order valence-electron chi connectivity index (χ3n) is 5.66. The molecule has 5 rings (SSSR count). The van der Waals surface area contributed by atoms with Gasteiger partial charge in [-0.15, -0.1) is 23.5 Å². The molecule has 0 N–H and O–H groups in total. The predicted octanol–water partition coefficient (Wildman–Crippen LogP) is 8.56. The smallest absolute Gasteiger partial charge is 0.0812 e. The van der Waals surface area contributed by atoms with Gasteiger partial charge in [0.15, 0.2) is 0 Å². The highest BCUT2D eigenvalue weighted by Crippen LogP contribution is 2.35. The summed E-state index contributed by atoms with van der Waals surface area (Å²) in [4.78, 5) is 20.4. The largest absolute Gasteiger partial charge is 0.255 e. The molecule has 6 heteroatoms. The molecule has 38 heavy (non-hydrogen) atoms. The van der Waals surface area contributed by atoms with E-state index in [4.69, 9.17) is 9.98 Å². The maximum atomic E-state index is 4.71. The third kappa shape index (κ3) is 7.28. The van der Waals surface area contributed by atoms with E-state index in [0.717, 1.165) is 44.1 Å². The molecule has 0 amide bonds. The molecule has 0 bridgehead atoms. The Labute approximate surface area is 232 Å². The molecule has 0 atom stereocenters. The molecule has 0 spiro atoms. The van der Waals surface area contributed by atoms with Crippen molar-refractivity contribution in [3.63, 3.8) is 0 Å². The van der Waals surface area contributed by atoms with E-state index in [2.05, 4.69) is 58.5 Å². The highest BCUT2D eigenvalue weighted by molar-refractivity contribution is 7.99. The van der Waals surface area contributed by atoms with Crippen molar-refractivity contribution in [3.05, 3.63) is 144 Å². The minimum atomic E-state index is 0.847. The van der Waals surface area contributed by atoms with Crippen molar-refractivity contribution in [3.8, 4) is 0 Å². The molecule has 5 aromatic rings. The van der Waals surface area contributed by atoms with Gasteiger partial charge in [-0.3, -0.25) is 20.0 Å². The second-order valence-corrected chi connectivity index (χ2v) is 10.3. The molecule has 2 heterocycles. The van der Waals surface area contributed by atoms with Crippen LogP contribution in [0.25, 0.3) is 0 Å². The standard InChI is InChI=1S/C32H26N4S2/c1-2-12-26(24-38-32-18-6-4-16-30(32)36-22-28-14-8-10-20-34-28)25(11-1)23-37-31-17-5-3-15-29(31)35-21-27-13-7-9-19-33-27/h1-22H,23-24H2. The number of rotatable bonds is 10. The van der Waals surface area contributed by atoms with Gasteiger partial charge in [-0.1, -0.05) is 60.7 Å². The number of nitrogens with zero attached hydrogens (tertiary/aromatic N) is 4. The molecule has 0 radical (unpaired) electrons. The number of aromatic nitrogens is 2. The van der Waals surface area contributed by atoms with Crippen LogP contribution >= 0.6 is 23.5 Å². The van der Waals surface area contributed by atoms with E-state index in [1.54, 1.807) is 35.9 Å². The van der Waals surface area contributed by atoms with Crippen LogP contribution in [0.5, 0.6) is 0 Å². The van der Waals surface area contributed by atoms with Crippen molar-refractivity contribution < 1.29 is 0 Å². The fourth-order valence-corrected chi connectivity index (χ4v) is 5.77. The summed E-state index contributed by atoms with van der Waals surface area (Å²) in [5.74, 6) is 1.73. The molecule has 0 saturated carbocycles. The van der Waals surface area contributed by atoms with Gasteiger partial charge < -0.3 is 0 Å². The molecule has 4 nitrogen and oxygen atoms in total. The Morgan fingerprint density at radius 1 is 0.500 bits per heavy atom. The van der Waals surface area contributed by atoms with Crippen LogP contribution in [0.1, 0.15) is 22.5 Å². The maximum absolute atomic E-state index is 4.71. The topological polar surface area (TPSA) is 50.5 Å². The first-order valence-electron chi connectivity index (χ1n) is 12.3. The second-order valence-electron chi connectivity index (χ2n) is 8.31. The van der Waals surface area contributed by atoms with Crippen molar-refractivity contribution in [2.45, 2.75) is 21.3 Å². The lowest BCUT2D eigenvalue weighted by Crippen LogP contribution is -1.91. The lowest BCUT2D eigenvalue weighted by atomic mass is 10.1. The van der Waals surface area contributed by atoms with Crippen LogP contribution in [-0.4, -0.2) is 22.4 Å². The van der Waals surface area contributed by atoms with Crippen LogP contribution in [0.15, 0.2) is 141 Å². The third-order valence-corrected chi connectivity index (χ3v) is 7.89. The van der Waals surface area contributed by atoms with Crippen molar-refractivity contribution in [1.29, 1.82) is 0 Å². The minimum absolute atomic E-state index is 0.847. The van der Waals surface area contributed by atoms with E-state index in [0.29, 0.717) is 0 Å². The normalized spacial score (nSPS) is 11.4. The molecule has 0 saturated heterocycles. The van der Waals surface area contributed by atoms with Gasteiger partial charge in [0, 0.05) is 33.7 Å². The first kappa shape index (κ1) is 25.6. The average Bonchev–Trinajstić information content (AvgIpc) is 2.99. The number of pyridine rings is 2.